The summed E-state index contributed by atoms with van der Waals surface area (Å²) in [7, 11) is 1.62. The van der Waals surface area contributed by atoms with Crippen LogP contribution in [0.5, 0.6) is 5.75 Å². The molecule has 8 nitrogen and oxygen atoms in total. The second kappa shape index (κ2) is 7.38. The summed E-state index contributed by atoms with van der Waals surface area (Å²) in [5, 5.41) is 9.77. The molecule has 0 fully saturated rings. The van der Waals surface area contributed by atoms with Crippen LogP contribution in [0.4, 0.5) is 5.82 Å². The van der Waals surface area contributed by atoms with Crippen molar-refractivity contribution < 1.29 is 4.74 Å². The van der Waals surface area contributed by atoms with Gasteiger partial charge in [0.25, 0.3) is 0 Å². The number of rotatable bonds is 5. The largest absolute Gasteiger partial charge is 0.497 e. The van der Waals surface area contributed by atoms with Gasteiger partial charge in [0.1, 0.15) is 17.2 Å². The summed E-state index contributed by atoms with van der Waals surface area (Å²) < 4.78 is 6.99. The SMILES string of the molecule is COc1cccc(-n2ncc3c(N/N=C/c4ccnc(Cl)c4)ncnc32)c1. The number of halogens is 1. The van der Waals surface area contributed by atoms with E-state index in [1.54, 1.807) is 42.5 Å². The Morgan fingerprint density at radius 2 is 2.11 bits per heavy atom. The van der Waals surface area contributed by atoms with Crippen LogP contribution in [0.15, 0.2) is 60.2 Å². The lowest BCUT2D eigenvalue weighted by atomic mass is 10.3. The second-order valence-electron chi connectivity index (χ2n) is 5.50. The average molecular weight is 380 g/mol. The van der Waals surface area contributed by atoms with E-state index in [1.807, 2.05) is 24.3 Å². The van der Waals surface area contributed by atoms with Crippen LogP contribution in [0.3, 0.4) is 0 Å². The zero-order valence-electron chi connectivity index (χ0n) is 14.2. The molecule has 4 rings (SSSR count). The first kappa shape index (κ1) is 16.9. The van der Waals surface area contributed by atoms with E-state index in [4.69, 9.17) is 16.3 Å². The summed E-state index contributed by atoms with van der Waals surface area (Å²) in [6.45, 7) is 0. The maximum Gasteiger partial charge on any atom is 0.168 e. The zero-order chi connectivity index (χ0) is 18.6. The minimum atomic E-state index is 0.406. The Bertz CT molecular complexity index is 1130. The third-order valence-electron chi connectivity index (χ3n) is 3.80. The number of hydrogen-bond acceptors (Lipinski definition) is 7. The van der Waals surface area contributed by atoms with Crippen molar-refractivity contribution in [3.63, 3.8) is 0 Å². The maximum atomic E-state index is 5.87. The molecule has 0 bridgehead atoms. The molecule has 0 atom stereocenters. The molecule has 0 spiro atoms. The predicted octanol–water partition coefficient (Wildman–Crippen LogP) is 3.32. The zero-order valence-corrected chi connectivity index (χ0v) is 15.0. The smallest absolute Gasteiger partial charge is 0.168 e. The minimum absolute atomic E-state index is 0.406. The first-order valence-electron chi connectivity index (χ1n) is 7.98. The van der Waals surface area contributed by atoms with E-state index in [0.29, 0.717) is 16.6 Å². The fourth-order valence-corrected chi connectivity index (χ4v) is 2.71. The fraction of sp³-hybridized carbons (Fsp3) is 0.0556. The Labute approximate surface area is 159 Å². The molecule has 3 aromatic heterocycles. The number of fused-ring (bicyclic) bond motifs is 1. The molecular weight excluding hydrogens is 366 g/mol. The number of hydrogen-bond donors (Lipinski definition) is 1. The van der Waals surface area contributed by atoms with E-state index in [-0.39, 0.29) is 0 Å². The highest BCUT2D eigenvalue weighted by Gasteiger charge is 2.11. The van der Waals surface area contributed by atoms with Crippen LogP contribution >= 0.6 is 11.6 Å². The number of anilines is 1. The average Bonchev–Trinajstić information content (AvgIpc) is 3.13. The van der Waals surface area contributed by atoms with Crippen LogP contribution in [0.25, 0.3) is 16.7 Å². The van der Waals surface area contributed by atoms with Crippen molar-refractivity contribution in [1.82, 2.24) is 24.7 Å². The van der Waals surface area contributed by atoms with Gasteiger partial charge in [0.2, 0.25) is 0 Å². The molecule has 1 N–H and O–H groups in total. The number of benzene rings is 1. The number of nitrogens with zero attached hydrogens (tertiary/aromatic N) is 6. The Morgan fingerprint density at radius 3 is 2.96 bits per heavy atom. The van der Waals surface area contributed by atoms with Gasteiger partial charge in [-0.25, -0.2) is 19.6 Å². The Kier molecular flexibility index (Phi) is 4.63. The van der Waals surface area contributed by atoms with Crippen molar-refractivity contribution in [3.05, 3.63) is 65.8 Å². The number of ether oxygens (including phenoxy) is 1. The Morgan fingerprint density at radius 1 is 1.19 bits per heavy atom. The Hall–Kier alpha value is -3.52. The quantitative estimate of drug-likeness (QED) is 0.325. The van der Waals surface area contributed by atoms with Crippen LogP contribution in [0.2, 0.25) is 5.15 Å². The summed E-state index contributed by atoms with van der Waals surface area (Å²) in [5.74, 6) is 1.29. The maximum absolute atomic E-state index is 5.87. The van der Waals surface area contributed by atoms with Gasteiger partial charge >= 0.3 is 0 Å². The highest BCUT2D eigenvalue weighted by atomic mass is 35.5. The topological polar surface area (TPSA) is 90.1 Å². The summed E-state index contributed by atoms with van der Waals surface area (Å²) in [6, 6.07) is 11.1. The second-order valence-corrected chi connectivity index (χ2v) is 5.89. The lowest BCUT2D eigenvalue weighted by Gasteiger charge is -2.06. The van der Waals surface area contributed by atoms with Crippen molar-refractivity contribution in [2.24, 2.45) is 5.10 Å². The van der Waals surface area contributed by atoms with Gasteiger partial charge in [-0.1, -0.05) is 17.7 Å². The van der Waals surface area contributed by atoms with Crippen LogP contribution < -0.4 is 10.2 Å². The number of hydrazone groups is 1. The molecule has 0 radical (unpaired) electrons. The number of pyridine rings is 1. The standard InChI is InChI=1S/C18H14ClN7O/c1-27-14-4-2-3-13(8-14)26-18-15(10-24-26)17(21-11-22-18)25-23-9-12-5-6-20-16(19)7-12/h2-11H,1H3,(H,21,22,25)/b23-9+. The first-order valence-corrected chi connectivity index (χ1v) is 8.36. The minimum Gasteiger partial charge on any atom is -0.497 e. The molecule has 1 aromatic carbocycles. The molecule has 3 heterocycles. The number of methoxy groups -OCH3 is 1. The number of nitrogens with one attached hydrogen (secondary N) is 1. The molecule has 0 unspecified atom stereocenters. The summed E-state index contributed by atoms with van der Waals surface area (Å²) >= 11 is 5.87. The lowest BCUT2D eigenvalue weighted by molar-refractivity contribution is 0.414. The highest BCUT2D eigenvalue weighted by Crippen LogP contribution is 2.23. The summed E-state index contributed by atoms with van der Waals surface area (Å²) in [5.41, 5.74) is 5.23. The first-order chi connectivity index (χ1) is 13.2. The van der Waals surface area contributed by atoms with Gasteiger partial charge in [-0.3, -0.25) is 5.43 Å². The third-order valence-corrected chi connectivity index (χ3v) is 4.01. The van der Waals surface area contributed by atoms with E-state index >= 15 is 0 Å². The van der Waals surface area contributed by atoms with Crippen LogP contribution in [0.1, 0.15) is 5.56 Å². The van der Waals surface area contributed by atoms with Crippen LogP contribution in [0, 0.1) is 0 Å². The van der Waals surface area contributed by atoms with Gasteiger partial charge in [-0.2, -0.15) is 10.2 Å². The molecule has 27 heavy (non-hydrogen) atoms. The van der Waals surface area contributed by atoms with Crippen molar-refractivity contribution >= 4 is 34.7 Å². The predicted molar refractivity (Wildman–Crippen MR) is 104 cm³/mol. The van der Waals surface area contributed by atoms with E-state index in [9.17, 15) is 0 Å². The third kappa shape index (κ3) is 3.56. The molecule has 0 amide bonds. The van der Waals surface area contributed by atoms with Crippen molar-refractivity contribution in [2.45, 2.75) is 0 Å². The van der Waals surface area contributed by atoms with E-state index < -0.39 is 0 Å². The molecule has 0 aliphatic heterocycles. The summed E-state index contributed by atoms with van der Waals surface area (Å²) in [4.78, 5) is 12.5. The molecule has 9 heteroatoms. The monoisotopic (exact) mass is 379 g/mol. The van der Waals surface area contributed by atoms with Gasteiger partial charge in [0.05, 0.1) is 30.6 Å². The molecule has 134 valence electrons. The molecule has 0 aliphatic rings. The van der Waals surface area contributed by atoms with Crippen molar-refractivity contribution in [1.29, 1.82) is 0 Å². The molecule has 0 saturated heterocycles. The fourth-order valence-electron chi connectivity index (χ4n) is 2.53. The molecule has 0 aliphatic carbocycles. The van der Waals surface area contributed by atoms with E-state index in [1.165, 1.54) is 6.33 Å². The van der Waals surface area contributed by atoms with Gasteiger partial charge in [0, 0.05) is 12.3 Å². The lowest BCUT2D eigenvalue weighted by Crippen LogP contribution is -2.00. The van der Waals surface area contributed by atoms with Gasteiger partial charge in [-0.15, -0.1) is 0 Å². The normalized spacial score (nSPS) is 11.2. The van der Waals surface area contributed by atoms with Crippen molar-refractivity contribution in [3.8, 4) is 11.4 Å². The molecular formula is C18H14ClN7O. The van der Waals surface area contributed by atoms with Gasteiger partial charge in [0.15, 0.2) is 11.5 Å². The Balaban J connectivity index is 1.64. The van der Waals surface area contributed by atoms with Gasteiger partial charge < -0.3 is 4.74 Å². The van der Waals surface area contributed by atoms with E-state index in [0.717, 1.165) is 22.4 Å². The van der Waals surface area contributed by atoms with E-state index in [2.05, 4.69) is 30.6 Å². The number of aromatic nitrogens is 5. The highest BCUT2D eigenvalue weighted by molar-refractivity contribution is 6.29. The van der Waals surface area contributed by atoms with Crippen LogP contribution in [-0.2, 0) is 0 Å². The molecule has 0 saturated carbocycles. The summed E-state index contributed by atoms with van der Waals surface area (Å²) in [6.07, 6.45) is 6.40. The van der Waals surface area contributed by atoms with Crippen LogP contribution in [-0.4, -0.2) is 38.1 Å². The van der Waals surface area contributed by atoms with Crippen molar-refractivity contribution in [2.75, 3.05) is 12.5 Å². The molecule has 4 aromatic rings. The van der Waals surface area contributed by atoms with Gasteiger partial charge in [-0.05, 0) is 29.8 Å².